The van der Waals surface area contributed by atoms with E-state index in [-0.39, 0.29) is 0 Å². The molecule has 2 nitrogen and oxygen atoms in total. The monoisotopic (exact) mass is 220 g/mol. The predicted octanol–water partition coefficient (Wildman–Crippen LogP) is 3.24. The summed E-state index contributed by atoms with van der Waals surface area (Å²) >= 11 is 0. The molecule has 0 bridgehead atoms. The fraction of sp³-hybridized carbons (Fsp3) is 0.929. The zero-order chi connectivity index (χ0) is 11.4. The maximum Gasteiger partial charge on any atom is 0.0628 e. The van der Waals surface area contributed by atoms with Crippen LogP contribution in [0.25, 0.3) is 0 Å². The Labute approximate surface area is 99.4 Å². The third-order valence-electron chi connectivity index (χ3n) is 4.51. The zero-order valence-corrected chi connectivity index (χ0v) is 10.5. The van der Waals surface area contributed by atoms with Gasteiger partial charge in [-0.05, 0) is 37.0 Å². The van der Waals surface area contributed by atoms with E-state index in [1.165, 1.54) is 44.9 Å². The van der Waals surface area contributed by atoms with Gasteiger partial charge >= 0.3 is 0 Å². The number of hydrogen-bond donors (Lipinski definition) is 1. The molecule has 0 radical (unpaired) electrons. The molecule has 2 aliphatic carbocycles. The van der Waals surface area contributed by atoms with E-state index in [1.54, 1.807) is 0 Å². The Hall–Kier alpha value is -0.550. The normalized spacial score (nSPS) is 32.8. The van der Waals surface area contributed by atoms with Crippen LogP contribution in [-0.4, -0.2) is 12.6 Å². The van der Waals surface area contributed by atoms with Gasteiger partial charge in [0.1, 0.15) is 0 Å². The van der Waals surface area contributed by atoms with Crippen molar-refractivity contribution < 1.29 is 0 Å². The van der Waals surface area contributed by atoms with Gasteiger partial charge in [-0.2, -0.15) is 5.26 Å². The van der Waals surface area contributed by atoms with E-state index in [2.05, 4.69) is 18.3 Å². The molecule has 2 unspecified atom stereocenters. The standard InChI is InChI=1S/C14H24N2/c1-12-5-3-2-4-6-13(12)16-11-14(7-8-14)9-10-15/h12-13,16H,2-9,11H2,1H3. The van der Waals surface area contributed by atoms with E-state index in [0.717, 1.165) is 18.9 Å². The van der Waals surface area contributed by atoms with Gasteiger partial charge in [-0.3, -0.25) is 0 Å². The Bertz CT molecular complexity index is 262. The topological polar surface area (TPSA) is 35.8 Å². The lowest BCUT2D eigenvalue weighted by Crippen LogP contribution is -2.38. The minimum absolute atomic E-state index is 0.362. The van der Waals surface area contributed by atoms with Crippen LogP contribution in [0.4, 0.5) is 0 Å². The van der Waals surface area contributed by atoms with Crippen molar-refractivity contribution in [2.45, 2.75) is 64.3 Å². The summed E-state index contributed by atoms with van der Waals surface area (Å²) < 4.78 is 0. The van der Waals surface area contributed by atoms with Crippen LogP contribution in [0.1, 0.15) is 58.3 Å². The fourth-order valence-corrected chi connectivity index (χ4v) is 2.90. The van der Waals surface area contributed by atoms with Gasteiger partial charge in [-0.25, -0.2) is 0 Å². The number of nitriles is 1. The summed E-state index contributed by atoms with van der Waals surface area (Å²) in [7, 11) is 0. The molecule has 1 N–H and O–H groups in total. The van der Waals surface area contributed by atoms with Crippen LogP contribution in [0.5, 0.6) is 0 Å². The number of hydrogen-bond acceptors (Lipinski definition) is 2. The first-order valence-corrected chi connectivity index (χ1v) is 6.86. The van der Waals surface area contributed by atoms with Gasteiger partial charge < -0.3 is 5.32 Å². The van der Waals surface area contributed by atoms with E-state index in [4.69, 9.17) is 5.26 Å². The molecular weight excluding hydrogens is 196 g/mol. The van der Waals surface area contributed by atoms with Gasteiger partial charge in [0.15, 0.2) is 0 Å². The molecule has 0 aliphatic heterocycles. The molecule has 2 rings (SSSR count). The van der Waals surface area contributed by atoms with Crippen molar-refractivity contribution in [3.8, 4) is 6.07 Å². The Balaban J connectivity index is 1.78. The molecule has 0 aromatic heterocycles. The first-order valence-electron chi connectivity index (χ1n) is 6.86. The summed E-state index contributed by atoms with van der Waals surface area (Å²) in [5.74, 6) is 0.820. The van der Waals surface area contributed by atoms with E-state index >= 15 is 0 Å². The molecule has 0 aromatic rings. The average molecular weight is 220 g/mol. The van der Waals surface area contributed by atoms with Crippen molar-refractivity contribution in [1.29, 1.82) is 5.26 Å². The minimum atomic E-state index is 0.362. The van der Waals surface area contributed by atoms with Crippen LogP contribution in [0.2, 0.25) is 0 Å². The quantitative estimate of drug-likeness (QED) is 0.738. The van der Waals surface area contributed by atoms with E-state index in [9.17, 15) is 0 Å². The lowest BCUT2D eigenvalue weighted by molar-refractivity contribution is 0.325. The Morgan fingerprint density at radius 3 is 2.69 bits per heavy atom. The molecule has 0 heterocycles. The van der Waals surface area contributed by atoms with Crippen LogP contribution in [-0.2, 0) is 0 Å². The first-order chi connectivity index (χ1) is 7.76. The zero-order valence-electron chi connectivity index (χ0n) is 10.5. The van der Waals surface area contributed by atoms with Gasteiger partial charge in [0.2, 0.25) is 0 Å². The summed E-state index contributed by atoms with van der Waals surface area (Å²) in [6.45, 7) is 3.46. The lowest BCUT2D eigenvalue weighted by atomic mass is 9.95. The summed E-state index contributed by atoms with van der Waals surface area (Å²) in [6.07, 6.45) is 10.2. The van der Waals surface area contributed by atoms with Crippen molar-refractivity contribution >= 4 is 0 Å². The van der Waals surface area contributed by atoms with Crippen LogP contribution in [0.3, 0.4) is 0 Å². The number of nitrogens with zero attached hydrogens (tertiary/aromatic N) is 1. The third kappa shape index (κ3) is 2.98. The van der Waals surface area contributed by atoms with Crippen molar-refractivity contribution in [2.75, 3.05) is 6.54 Å². The maximum atomic E-state index is 8.80. The van der Waals surface area contributed by atoms with E-state index in [1.807, 2.05) is 0 Å². The van der Waals surface area contributed by atoms with Crippen molar-refractivity contribution in [3.05, 3.63) is 0 Å². The van der Waals surface area contributed by atoms with Gasteiger partial charge in [0.05, 0.1) is 6.07 Å². The van der Waals surface area contributed by atoms with Gasteiger partial charge in [0.25, 0.3) is 0 Å². The second-order valence-electron chi connectivity index (χ2n) is 5.94. The first kappa shape index (κ1) is 11.9. The third-order valence-corrected chi connectivity index (χ3v) is 4.51. The van der Waals surface area contributed by atoms with Gasteiger partial charge in [-0.15, -0.1) is 0 Å². The summed E-state index contributed by atoms with van der Waals surface area (Å²) in [5.41, 5.74) is 0.362. The smallest absolute Gasteiger partial charge is 0.0628 e. The Kier molecular flexibility index (Phi) is 3.86. The lowest BCUT2D eigenvalue weighted by Gasteiger charge is -2.25. The minimum Gasteiger partial charge on any atom is -0.313 e. The highest BCUT2D eigenvalue weighted by Gasteiger charge is 2.42. The van der Waals surface area contributed by atoms with E-state index < -0.39 is 0 Å². The van der Waals surface area contributed by atoms with Crippen LogP contribution in [0.15, 0.2) is 0 Å². The maximum absolute atomic E-state index is 8.80. The molecule has 16 heavy (non-hydrogen) atoms. The molecule has 2 saturated carbocycles. The molecular formula is C14H24N2. The fourth-order valence-electron chi connectivity index (χ4n) is 2.90. The molecule has 0 amide bonds. The summed E-state index contributed by atoms with van der Waals surface area (Å²) in [6, 6.07) is 3.05. The highest BCUT2D eigenvalue weighted by Crippen LogP contribution is 2.48. The summed E-state index contributed by atoms with van der Waals surface area (Å²) in [5, 5.41) is 12.5. The van der Waals surface area contributed by atoms with Crippen molar-refractivity contribution in [1.82, 2.24) is 5.32 Å². The van der Waals surface area contributed by atoms with Crippen LogP contribution in [0, 0.1) is 22.7 Å². The van der Waals surface area contributed by atoms with Crippen LogP contribution < -0.4 is 5.32 Å². The van der Waals surface area contributed by atoms with Crippen molar-refractivity contribution in [2.24, 2.45) is 11.3 Å². The second kappa shape index (κ2) is 5.19. The number of nitrogens with one attached hydrogen (secondary N) is 1. The predicted molar refractivity (Wildman–Crippen MR) is 65.9 cm³/mol. The van der Waals surface area contributed by atoms with Gasteiger partial charge in [0, 0.05) is 19.0 Å². The highest BCUT2D eigenvalue weighted by atomic mass is 14.9. The number of rotatable bonds is 4. The van der Waals surface area contributed by atoms with E-state index in [0.29, 0.717) is 11.5 Å². The molecule has 0 saturated heterocycles. The Morgan fingerprint density at radius 1 is 1.25 bits per heavy atom. The van der Waals surface area contributed by atoms with Crippen molar-refractivity contribution in [3.63, 3.8) is 0 Å². The largest absolute Gasteiger partial charge is 0.313 e. The summed E-state index contributed by atoms with van der Waals surface area (Å²) in [4.78, 5) is 0. The SMILES string of the molecule is CC1CCCCCC1NCC1(CC#N)CC1. The second-order valence-corrected chi connectivity index (χ2v) is 5.94. The molecule has 0 aromatic carbocycles. The molecule has 0 spiro atoms. The Morgan fingerprint density at radius 2 is 2.00 bits per heavy atom. The molecule has 2 aliphatic rings. The molecule has 90 valence electrons. The highest BCUT2D eigenvalue weighted by molar-refractivity contribution is 5.01. The molecule has 2 fully saturated rings. The average Bonchev–Trinajstić information content (AvgIpc) is 3.03. The molecule has 2 atom stereocenters. The molecule has 2 heteroatoms. The van der Waals surface area contributed by atoms with Gasteiger partial charge in [-0.1, -0.05) is 26.2 Å². The van der Waals surface area contributed by atoms with Crippen LogP contribution >= 0.6 is 0 Å².